The lowest BCUT2D eigenvalue weighted by molar-refractivity contribution is -0.127. The normalized spacial score (nSPS) is 26.9. The Labute approximate surface area is 163 Å². The van der Waals surface area contributed by atoms with Crippen molar-refractivity contribution in [2.75, 3.05) is 6.26 Å². The zero-order valence-corrected chi connectivity index (χ0v) is 16.6. The van der Waals surface area contributed by atoms with Gasteiger partial charge in [0.2, 0.25) is 0 Å². The Kier molecular flexibility index (Phi) is 4.11. The highest BCUT2D eigenvalue weighted by Gasteiger charge is 2.56. The van der Waals surface area contributed by atoms with Crippen molar-refractivity contribution in [2.24, 2.45) is 4.99 Å². The zero-order valence-electron chi connectivity index (χ0n) is 14.2. The average Bonchev–Trinajstić information content (AvgIpc) is 2.92. The predicted molar refractivity (Wildman–Crippen MR) is 104 cm³/mol. The molecule has 0 saturated heterocycles. The van der Waals surface area contributed by atoms with Gasteiger partial charge >= 0.3 is 0 Å². The molecule has 2 atom stereocenters. The summed E-state index contributed by atoms with van der Waals surface area (Å²) >= 11 is 4.83. The number of thioether (sulfide) groups is 1. The first-order chi connectivity index (χ1) is 12.4. The van der Waals surface area contributed by atoms with E-state index in [0.717, 1.165) is 4.47 Å². The summed E-state index contributed by atoms with van der Waals surface area (Å²) in [5.74, 6) is -0.0447. The van der Waals surface area contributed by atoms with Gasteiger partial charge in [-0.2, -0.15) is 0 Å². The Bertz CT molecular complexity index is 951. The van der Waals surface area contributed by atoms with Crippen molar-refractivity contribution in [2.45, 2.75) is 24.5 Å². The minimum atomic E-state index is -1.15. The number of amidine groups is 1. The van der Waals surface area contributed by atoms with Crippen molar-refractivity contribution in [1.29, 1.82) is 0 Å². The van der Waals surface area contributed by atoms with Crippen LogP contribution in [0.25, 0.3) is 0 Å². The minimum absolute atomic E-state index is 0.209. The number of halogens is 2. The van der Waals surface area contributed by atoms with E-state index < -0.39 is 11.1 Å². The van der Waals surface area contributed by atoms with Crippen LogP contribution in [-0.4, -0.2) is 17.3 Å². The second kappa shape index (κ2) is 6.09. The van der Waals surface area contributed by atoms with Crippen molar-refractivity contribution in [1.82, 2.24) is 5.32 Å². The molecule has 1 spiro atoms. The van der Waals surface area contributed by atoms with Crippen molar-refractivity contribution >= 4 is 38.8 Å². The van der Waals surface area contributed by atoms with E-state index in [1.807, 2.05) is 18.4 Å². The van der Waals surface area contributed by atoms with Gasteiger partial charge in [0.15, 0.2) is 10.7 Å². The lowest BCUT2D eigenvalue weighted by Crippen LogP contribution is -2.48. The standard InChI is InChI=1S/C19H16BrFN2O2S/c1-18(12-5-3-4-6-14(12)21)10-19(16(24)22-17(23-19)26-2)13-9-11(20)7-8-15(13)25-18/h3-9H,10H2,1-2H3,(H,22,23,24)/t18-,19?/m1/s1. The Hall–Kier alpha value is -1.86. The van der Waals surface area contributed by atoms with E-state index in [0.29, 0.717) is 22.0 Å². The Morgan fingerprint density at radius 2 is 2.04 bits per heavy atom. The number of fused-ring (bicyclic) bond motifs is 2. The summed E-state index contributed by atoms with van der Waals surface area (Å²) in [7, 11) is 0. The average molecular weight is 435 g/mol. The molecule has 7 heteroatoms. The molecule has 0 aliphatic carbocycles. The second-order valence-electron chi connectivity index (χ2n) is 6.57. The highest BCUT2D eigenvalue weighted by atomic mass is 79.9. The van der Waals surface area contributed by atoms with Gasteiger partial charge in [-0.3, -0.25) is 4.79 Å². The van der Waals surface area contributed by atoms with Gasteiger partial charge in [-0.1, -0.05) is 45.9 Å². The molecule has 134 valence electrons. The van der Waals surface area contributed by atoms with E-state index in [-0.39, 0.29) is 18.1 Å². The lowest BCUT2D eigenvalue weighted by atomic mass is 9.74. The van der Waals surface area contributed by atoms with Crippen LogP contribution >= 0.6 is 27.7 Å². The van der Waals surface area contributed by atoms with Gasteiger partial charge in [0.25, 0.3) is 5.91 Å². The number of nitrogens with zero attached hydrogens (tertiary/aromatic N) is 1. The predicted octanol–water partition coefficient (Wildman–Crippen LogP) is 4.33. The maximum atomic E-state index is 14.5. The number of rotatable bonds is 1. The quantitative estimate of drug-likeness (QED) is 0.726. The van der Waals surface area contributed by atoms with Crippen LogP contribution in [-0.2, 0) is 15.9 Å². The third-order valence-corrected chi connectivity index (χ3v) is 5.91. The number of carbonyl (C=O) groups excluding carboxylic acids is 1. The molecule has 4 rings (SSSR count). The number of nitrogens with one attached hydrogen (secondary N) is 1. The molecule has 0 bridgehead atoms. The van der Waals surface area contributed by atoms with Gasteiger partial charge in [0.1, 0.15) is 17.2 Å². The smallest absolute Gasteiger partial charge is 0.258 e. The summed E-state index contributed by atoms with van der Waals surface area (Å²) in [5, 5.41) is 3.39. The molecule has 2 aliphatic heterocycles. The van der Waals surface area contributed by atoms with Gasteiger partial charge < -0.3 is 10.1 Å². The Morgan fingerprint density at radius 3 is 2.73 bits per heavy atom. The maximum absolute atomic E-state index is 14.5. The summed E-state index contributed by atoms with van der Waals surface area (Å²) in [6.07, 6.45) is 2.07. The molecule has 2 heterocycles. The topological polar surface area (TPSA) is 50.7 Å². The summed E-state index contributed by atoms with van der Waals surface area (Å²) in [6.45, 7) is 1.80. The van der Waals surface area contributed by atoms with Crippen LogP contribution in [0.2, 0.25) is 0 Å². The second-order valence-corrected chi connectivity index (χ2v) is 8.28. The number of ether oxygens (including phenoxy) is 1. The first kappa shape index (κ1) is 17.5. The van der Waals surface area contributed by atoms with Crippen LogP contribution in [0.1, 0.15) is 24.5 Å². The van der Waals surface area contributed by atoms with E-state index in [2.05, 4.69) is 21.2 Å². The van der Waals surface area contributed by atoms with Crippen LogP contribution < -0.4 is 10.1 Å². The molecule has 0 radical (unpaired) electrons. The lowest BCUT2D eigenvalue weighted by Gasteiger charge is -2.43. The molecule has 2 aromatic rings. The van der Waals surface area contributed by atoms with E-state index in [9.17, 15) is 9.18 Å². The molecule has 1 unspecified atom stereocenters. The summed E-state index contributed by atoms with van der Waals surface area (Å²) < 4.78 is 21.6. The highest BCUT2D eigenvalue weighted by Crippen LogP contribution is 2.52. The summed E-state index contributed by atoms with van der Waals surface area (Å²) in [4.78, 5) is 17.7. The maximum Gasteiger partial charge on any atom is 0.258 e. The van der Waals surface area contributed by atoms with Gasteiger partial charge in [-0.15, -0.1) is 0 Å². The van der Waals surface area contributed by atoms with Gasteiger partial charge in [-0.25, -0.2) is 9.38 Å². The van der Waals surface area contributed by atoms with E-state index in [1.54, 1.807) is 31.2 Å². The SMILES string of the molecule is CSC1=NC2(C[C@](C)(c3ccccc3F)Oc3ccc(Br)cc32)C(=O)N1. The van der Waals surface area contributed by atoms with Crippen molar-refractivity contribution in [3.05, 3.63) is 63.9 Å². The molecule has 26 heavy (non-hydrogen) atoms. The van der Waals surface area contributed by atoms with Crippen LogP contribution in [0.5, 0.6) is 5.75 Å². The van der Waals surface area contributed by atoms with Gasteiger partial charge in [0, 0.05) is 22.0 Å². The molecule has 0 fully saturated rings. The fourth-order valence-electron chi connectivity index (χ4n) is 3.67. The zero-order chi connectivity index (χ0) is 18.5. The van der Waals surface area contributed by atoms with E-state index in [1.165, 1.54) is 17.8 Å². The molecule has 1 amide bonds. The van der Waals surface area contributed by atoms with Crippen LogP contribution in [0.3, 0.4) is 0 Å². The molecule has 0 saturated carbocycles. The van der Waals surface area contributed by atoms with Crippen molar-refractivity contribution in [3.8, 4) is 5.75 Å². The first-order valence-corrected chi connectivity index (χ1v) is 10.1. The summed E-state index contributed by atoms with van der Waals surface area (Å²) in [6, 6.07) is 12.0. The molecule has 0 aromatic heterocycles. The number of aliphatic imine (C=N–C) groups is 1. The molecule has 4 nitrogen and oxygen atoms in total. The number of amides is 1. The Balaban J connectivity index is 1.95. The fourth-order valence-corrected chi connectivity index (χ4v) is 4.47. The number of carbonyl (C=O) groups is 1. The minimum Gasteiger partial charge on any atom is -0.482 e. The van der Waals surface area contributed by atoms with Crippen molar-refractivity contribution in [3.63, 3.8) is 0 Å². The molecule has 1 N–H and O–H groups in total. The van der Waals surface area contributed by atoms with E-state index in [4.69, 9.17) is 9.73 Å². The molecule has 2 aromatic carbocycles. The number of hydrogen-bond acceptors (Lipinski definition) is 4. The molecular weight excluding hydrogens is 419 g/mol. The first-order valence-electron chi connectivity index (χ1n) is 8.07. The largest absolute Gasteiger partial charge is 0.482 e. The molecule has 2 aliphatic rings. The molecular formula is C19H16BrFN2O2S. The van der Waals surface area contributed by atoms with Crippen LogP contribution in [0, 0.1) is 5.82 Å². The monoisotopic (exact) mass is 434 g/mol. The Morgan fingerprint density at radius 1 is 1.27 bits per heavy atom. The van der Waals surface area contributed by atoms with Gasteiger partial charge in [-0.05, 0) is 37.4 Å². The summed E-state index contributed by atoms with van der Waals surface area (Å²) in [5.41, 5.74) is -1.08. The number of hydrogen-bond donors (Lipinski definition) is 1. The van der Waals surface area contributed by atoms with Crippen molar-refractivity contribution < 1.29 is 13.9 Å². The highest BCUT2D eigenvalue weighted by molar-refractivity contribution is 9.10. The number of benzene rings is 2. The third kappa shape index (κ3) is 2.56. The van der Waals surface area contributed by atoms with Crippen LogP contribution in [0.15, 0.2) is 51.9 Å². The van der Waals surface area contributed by atoms with E-state index >= 15 is 0 Å². The third-order valence-electron chi connectivity index (χ3n) is 4.84. The van der Waals surface area contributed by atoms with Gasteiger partial charge in [0.05, 0.1) is 0 Å². The fraction of sp³-hybridized carbons (Fsp3) is 0.263. The van der Waals surface area contributed by atoms with Crippen LogP contribution in [0.4, 0.5) is 4.39 Å².